The number of methoxy groups -OCH3 is 1. The molecule has 3 aromatic carbocycles. The highest BCUT2D eigenvalue weighted by molar-refractivity contribution is 7.91. The van der Waals surface area contributed by atoms with E-state index in [4.69, 9.17) is 19.3 Å². The van der Waals surface area contributed by atoms with Gasteiger partial charge in [-0.2, -0.15) is 0 Å². The first-order valence-electron chi connectivity index (χ1n) is 13.5. The number of hydrogen-bond donors (Lipinski definition) is 3. The molecule has 0 fully saturated rings. The maximum atomic E-state index is 12.7. The summed E-state index contributed by atoms with van der Waals surface area (Å²) in [5.41, 5.74) is 1.70. The molecule has 0 saturated carbocycles. The van der Waals surface area contributed by atoms with E-state index in [1.165, 1.54) is 32.2 Å². The maximum absolute atomic E-state index is 12.7. The van der Waals surface area contributed by atoms with E-state index in [0.29, 0.717) is 29.9 Å². The van der Waals surface area contributed by atoms with Crippen LogP contribution in [0.1, 0.15) is 36.8 Å². The summed E-state index contributed by atoms with van der Waals surface area (Å²) in [4.78, 5) is 35.4. The number of aliphatic hydroxyl groups is 1. The Morgan fingerprint density at radius 3 is 2.19 bits per heavy atom. The fourth-order valence-electron chi connectivity index (χ4n) is 4.27. The number of aliphatic hydroxyl groups excluding tert-OH is 1. The minimum atomic E-state index is -3.52. The number of rotatable bonds is 17. The van der Waals surface area contributed by atoms with E-state index in [-0.39, 0.29) is 53.4 Å². The Kier molecular flexibility index (Phi) is 12.1. The van der Waals surface area contributed by atoms with Crippen LogP contribution in [0.2, 0.25) is 0 Å². The lowest BCUT2D eigenvalue weighted by Gasteiger charge is -2.15. The lowest BCUT2D eigenvalue weighted by molar-refractivity contribution is -0.139. The number of ketones is 1. The summed E-state index contributed by atoms with van der Waals surface area (Å²) in [6.07, 6.45) is 0.890. The molecule has 0 spiro atoms. The number of ether oxygens (including phenoxy) is 3. The van der Waals surface area contributed by atoms with Crippen LogP contribution >= 0.6 is 0 Å². The number of aliphatic carboxylic acids is 1. The number of benzene rings is 3. The van der Waals surface area contributed by atoms with Crippen molar-refractivity contribution in [3.8, 4) is 17.2 Å². The Morgan fingerprint density at radius 1 is 0.907 bits per heavy atom. The molecule has 3 N–H and O–H groups in total. The molecule has 1 unspecified atom stereocenters. The molecule has 0 aliphatic rings. The summed E-state index contributed by atoms with van der Waals surface area (Å²) in [5.74, 6) is -1.10. The third-order valence-corrected chi connectivity index (χ3v) is 8.26. The molecule has 1 atom stereocenters. The summed E-state index contributed by atoms with van der Waals surface area (Å²) in [7, 11) is -2.02. The number of hydrogen-bond acceptors (Lipinski definition) is 9. The molecule has 0 saturated heterocycles. The molecule has 0 aliphatic heterocycles. The normalized spacial score (nSPS) is 11.8. The topological polar surface area (TPSA) is 166 Å². The van der Waals surface area contributed by atoms with Crippen molar-refractivity contribution >= 4 is 33.2 Å². The maximum Gasteiger partial charge on any atom is 0.341 e. The van der Waals surface area contributed by atoms with Crippen molar-refractivity contribution in [2.24, 2.45) is 0 Å². The van der Waals surface area contributed by atoms with Gasteiger partial charge in [0.25, 0.3) is 5.91 Å². The number of carboxylic acid groups (broad SMARTS) is 1. The molecule has 3 rings (SSSR count). The van der Waals surface area contributed by atoms with Gasteiger partial charge in [0.1, 0.15) is 23.0 Å². The molecule has 230 valence electrons. The van der Waals surface area contributed by atoms with Gasteiger partial charge in [-0.3, -0.25) is 4.79 Å². The van der Waals surface area contributed by atoms with Gasteiger partial charge in [0.2, 0.25) is 0 Å². The Balaban J connectivity index is 1.63. The van der Waals surface area contributed by atoms with Crippen molar-refractivity contribution in [2.75, 3.05) is 38.0 Å². The van der Waals surface area contributed by atoms with Crippen LogP contribution in [0.3, 0.4) is 0 Å². The molecule has 12 heteroatoms. The molecule has 0 radical (unpaired) electrons. The number of carbonyl (C=O) groups excluding carboxylic acids is 2. The lowest BCUT2D eigenvalue weighted by Crippen LogP contribution is -2.21. The fraction of sp³-hybridized carbons (Fsp3) is 0.323. The number of aryl methyl sites for hydroxylation is 1. The van der Waals surface area contributed by atoms with Gasteiger partial charge in [-0.05, 0) is 79.4 Å². The number of amides is 1. The van der Waals surface area contributed by atoms with Crippen molar-refractivity contribution in [2.45, 2.75) is 37.0 Å². The second kappa shape index (κ2) is 15.7. The van der Waals surface area contributed by atoms with E-state index in [2.05, 4.69) is 5.32 Å². The predicted octanol–water partition coefficient (Wildman–Crippen LogP) is 3.64. The predicted molar refractivity (Wildman–Crippen MR) is 159 cm³/mol. The Morgan fingerprint density at radius 2 is 1.58 bits per heavy atom. The molecule has 11 nitrogen and oxygen atoms in total. The highest BCUT2D eigenvalue weighted by atomic mass is 32.2. The molecule has 0 bridgehead atoms. The van der Waals surface area contributed by atoms with Crippen LogP contribution in [0.4, 0.5) is 5.69 Å². The number of Topliss-reactive ketones (excluding diaryl/α,β-unsaturated/α-hetero) is 1. The van der Waals surface area contributed by atoms with Crippen molar-refractivity contribution in [1.82, 2.24) is 0 Å². The smallest absolute Gasteiger partial charge is 0.341 e. The molecule has 0 aliphatic carbocycles. The number of sulfone groups is 1. The molecule has 43 heavy (non-hydrogen) atoms. The second-order valence-corrected chi connectivity index (χ2v) is 11.9. The summed E-state index contributed by atoms with van der Waals surface area (Å²) in [6, 6.07) is 17.6. The summed E-state index contributed by atoms with van der Waals surface area (Å²) in [5, 5.41) is 21.2. The Hall–Kier alpha value is -4.42. The SMILES string of the molecule is COc1ccc(S(=O)(=O)CCCc2ccc(OCC(=O)O)c(NC(=O)COc3ccc(C(CO)CC(C)=O)cc3)c2)cc1. The molecule has 0 heterocycles. The van der Waals surface area contributed by atoms with Gasteiger partial charge in [-0.25, -0.2) is 13.2 Å². The standard InChI is InChI=1S/C31H35NO10S/c1-21(34)16-24(18-33)23-6-8-26(9-7-23)41-19-30(35)32-28-17-22(5-14-29(28)42-20-31(36)37)4-3-15-43(38,39)27-12-10-25(40-2)11-13-27/h5-14,17,24,33H,3-4,15-16,18-20H2,1-2H3,(H,32,35)(H,36,37). The van der Waals surface area contributed by atoms with Crippen molar-refractivity contribution in [3.63, 3.8) is 0 Å². The highest BCUT2D eigenvalue weighted by Gasteiger charge is 2.16. The fourth-order valence-corrected chi connectivity index (χ4v) is 5.58. The van der Waals surface area contributed by atoms with Crippen molar-refractivity contribution in [1.29, 1.82) is 0 Å². The monoisotopic (exact) mass is 613 g/mol. The van der Waals surface area contributed by atoms with E-state index < -0.39 is 28.3 Å². The van der Waals surface area contributed by atoms with Crippen LogP contribution in [0.5, 0.6) is 17.2 Å². The largest absolute Gasteiger partial charge is 0.497 e. The molecular formula is C31H35NO10S. The van der Waals surface area contributed by atoms with Gasteiger partial charge < -0.3 is 34.5 Å². The summed E-state index contributed by atoms with van der Waals surface area (Å²) >= 11 is 0. The molecular weight excluding hydrogens is 578 g/mol. The minimum absolute atomic E-state index is 0.0367. The third kappa shape index (κ3) is 10.4. The van der Waals surface area contributed by atoms with E-state index in [0.717, 1.165) is 5.56 Å². The first kappa shape index (κ1) is 33.1. The molecule has 1 amide bonds. The van der Waals surface area contributed by atoms with E-state index in [9.17, 15) is 27.9 Å². The van der Waals surface area contributed by atoms with E-state index in [1.807, 2.05) is 0 Å². The van der Waals surface area contributed by atoms with Gasteiger partial charge >= 0.3 is 5.97 Å². The van der Waals surface area contributed by atoms with Gasteiger partial charge in [0.05, 0.1) is 30.1 Å². The summed E-state index contributed by atoms with van der Waals surface area (Å²) in [6.45, 7) is 0.301. The lowest BCUT2D eigenvalue weighted by atomic mass is 9.95. The number of carboxylic acids is 1. The number of anilines is 1. The molecule has 3 aromatic rings. The van der Waals surface area contributed by atoms with E-state index in [1.54, 1.807) is 48.5 Å². The van der Waals surface area contributed by atoms with Crippen LogP contribution in [0.15, 0.2) is 71.6 Å². The van der Waals surface area contributed by atoms with Crippen LogP contribution in [0, 0.1) is 0 Å². The second-order valence-electron chi connectivity index (χ2n) is 9.80. The van der Waals surface area contributed by atoms with Gasteiger partial charge in [0, 0.05) is 12.3 Å². The number of nitrogens with one attached hydrogen (secondary N) is 1. The first-order chi connectivity index (χ1) is 20.5. The van der Waals surface area contributed by atoms with Crippen molar-refractivity contribution in [3.05, 3.63) is 77.9 Å². The first-order valence-corrected chi connectivity index (χ1v) is 15.1. The quantitative estimate of drug-likeness (QED) is 0.205. The van der Waals surface area contributed by atoms with Crippen LogP contribution < -0.4 is 19.5 Å². The summed E-state index contributed by atoms with van der Waals surface area (Å²) < 4.78 is 41.4. The van der Waals surface area contributed by atoms with Gasteiger partial charge in [0.15, 0.2) is 23.1 Å². The van der Waals surface area contributed by atoms with Crippen LogP contribution in [-0.2, 0) is 30.6 Å². The zero-order valence-corrected chi connectivity index (χ0v) is 24.8. The van der Waals surface area contributed by atoms with Gasteiger partial charge in [-0.1, -0.05) is 18.2 Å². The Labute approximate surface area is 250 Å². The van der Waals surface area contributed by atoms with Crippen LogP contribution in [0.25, 0.3) is 0 Å². The number of carbonyl (C=O) groups is 3. The average molecular weight is 614 g/mol. The third-order valence-electron chi connectivity index (χ3n) is 6.44. The zero-order valence-electron chi connectivity index (χ0n) is 23.9. The zero-order chi connectivity index (χ0) is 31.4. The average Bonchev–Trinajstić information content (AvgIpc) is 2.98. The van der Waals surface area contributed by atoms with Crippen LogP contribution in [-0.4, -0.2) is 69.0 Å². The van der Waals surface area contributed by atoms with E-state index >= 15 is 0 Å². The Bertz CT molecular complexity index is 1500. The van der Waals surface area contributed by atoms with Gasteiger partial charge in [-0.15, -0.1) is 0 Å². The van der Waals surface area contributed by atoms with Crippen molar-refractivity contribution < 1.29 is 47.2 Å². The highest BCUT2D eigenvalue weighted by Crippen LogP contribution is 2.28. The molecule has 0 aromatic heterocycles. The minimum Gasteiger partial charge on any atom is -0.497 e.